The van der Waals surface area contributed by atoms with Crippen molar-refractivity contribution in [2.24, 2.45) is 0 Å². The molecule has 5 heteroatoms. The number of amides is 1. The number of hydrogen-bond donors (Lipinski definition) is 1. The van der Waals surface area contributed by atoms with Gasteiger partial charge >= 0.3 is 0 Å². The number of benzene rings is 2. The number of nitrogen functional groups attached to an aromatic ring is 1. The number of nitrogens with zero attached hydrogens (tertiary/aromatic N) is 1. The third-order valence-corrected chi connectivity index (χ3v) is 3.30. The zero-order chi connectivity index (χ0) is 14.7. The van der Waals surface area contributed by atoms with Gasteiger partial charge in [0.1, 0.15) is 5.82 Å². The van der Waals surface area contributed by atoms with E-state index in [0.29, 0.717) is 21.8 Å². The summed E-state index contributed by atoms with van der Waals surface area (Å²) < 4.78 is 13.6. The van der Waals surface area contributed by atoms with E-state index in [9.17, 15) is 9.18 Å². The predicted molar refractivity (Wildman–Crippen MR) is 78.1 cm³/mol. The maximum atomic E-state index is 13.6. The molecule has 0 radical (unpaired) electrons. The highest BCUT2D eigenvalue weighted by molar-refractivity contribution is 6.33. The van der Waals surface area contributed by atoms with Gasteiger partial charge in [0.25, 0.3) is 5.91 Å². The molecule has 0 saturated heterocycles. The minimum atomic E-state index is -0.331. The van der Waals surface area contributed by atoms with E-state index >= 15 is 0 Å². The van der Waals surface area contributed by atoms with Crippen LogP contribution in [0.15, 0.2) is 42.5 Å². The lowest BCUT2D eigenvalue weighted by molar-refractivity contribution is 0.0784. The summed E-state index contributed by atoms with van der Waals surface area (Å²) >= 11 is 5.82. The first-order valence-corrected chi connectivity index (χ1v) is 6.40. The summed E-state index contributed by atoms with van der Waals surface area (Å²) in [5.74, 6) is -0.570. The minimum absolute atomic E-state index is 0.189. The number of rotatable bonds is 3. The lowest BCUT2D eigenvalue weighted by Crippen LogP contribution is -2.26. The van der Waals surface area contributed by atoms with Crippen LogP contribution >= 0.6 is 11.6 Å². The molecule has 0 spiro atoms. The number of carbonyl (C=O) groups excluding carboxylic acids is 1. The zero-order valence-electron chi connectivity index (χ0n) is 10.9. The van der Waals surface area contributed by atoms with Crippen LogP contribution in [0.3, 0.4) is 0 Å². The molecule has 0 atom stereocenters. The van der Waals surface area contributed by atoms with Crippen molar-refractivity contribution in [3.8, 4) is 0 Å². The molecule has 2 aromatic rings. The number of hydrogen-bond acceptors (Lipinski definition) is 2. The van der Waals surface area contributed by atoms with Gasteiger partial charge in [-0.2, -0.15) is 0 Å². The van der Waals surface area contributed by atoms with Gasteiger partial charge in [-0.3, -0.25) is 4.79 Å². The Kier molecular flexibility index (Phi) is 4.25. The Morgan fingerprint density at radius 3 is 2.65 bits per heavy atom. The Morgan fingerprint density at radius 1 is 1.30 bits per heavy atom. The molecule has 0 aliphatic rings. The van der Waals surface area contributed by atoms with Gasteiger partial charge in [-0.1, -0.05) is 29.8 Å². The second-order valence-corrected chi connectivity index (χ2v) is 4.90. The SMILES string of the molecule is CN(Cc1ccccc1F)C(=O)c1ccc(Cl)c(N)c1. The van der Waals surface area contributed by atoms with Crippen LogP contribution in [0, 0.1) is 5.82 Å². The standard InChI is InChI=1S/C15H14ClFN2O/c1-19(9-11-4-2-3-5-13(11)17)15(20)10-6-7-12(16)14(18)8-10/h2-8H,9,18H2,1H3. The maximum Gasteiger partial charge on any atom is 0.253 e. The molecular weight excluding hydrogens is 279 g/mol. The first-order chi connectivity index (χ1) is 9.49. The molecule has 0 aromatic heterocycles. The highest BCUT2D eigenvalue weighted by Crippen LogP contribution is 2.20. The van der Waals surface area contributed by atoms with Crippen molar-refractivity contribution in [3.05, 3.63) is 64.4 Å². The van der Waals surface area contributed by atoms with Crippen molar-refractivity contribution < 1.29 is 9.18 Å². The van der Waals surface area contributed by atoms with Gasteiger partial charge in [-0.15, -0.1) is 0 Å². The summed E-state index contributed by atoms with van der Waals surface area (Å²) in [7, 11) is 1.61. The molecule has 0 bridgehead atoms. The summed E-state index contributed by atoms with van der Waals surface area (Å²) in [6.45, 7) is 0.189. The molecule has 0 unspecified atom stereocenters. The van der Waals surface area contributed by atoms with Crippen LogP contribution < -0.4 is 5.73 Å². The molecule has 0 saturated carbocycles. The van der Waals surface area contributed by atoms with Gasteiger partial charge in [-0.05, 0) is 24.3 Å². The molecule has 2 N–H and O–H groups in total. The smallest absolute Gasteiger partial charge is 0.253 e. The fraction of sp³-hybridized carbons (Fsp3) is 0.133. The van der Waals surface area contributed by atoms with E-state index in [0.717, 1.165) is 0 Å². The fourth-order valence-corrected chi connectivity index (χ4v) is 1.97. The first-order valence-electron chi connectivity index (χ1n) is 6.03. The Labute approximate surface area is 121 Å². The second kappa shape index (κ2) is 5.92. The molecule has 0 heterocycles. The summed E-state index contributed by atoms with van der Waals surface area (Å²) in [4.78, 5) is 13.7. The third kappa shape index (κ3) is 3.08. The highest BCUT2D eigenvalue weighted by Gasteiger charge is 2.14. The molecule has 2 rings (SSSR count). The lowest BCUT2D eigenvalue weighted by Gasteiger charge is -2.18. The topological polar surface area (TPSA) is 46.3 Å². The molecule has 20 heavy (non-hydrogen) atoms. The second-order valence-electron chi connectivity index (χ2n) is 4.49. The van der Waals surface area contributed by atoms with Crippen molar-refractivity contribution in [1.82, 2.24) is 4.90 Å². The van der Waals surface area contributed by atoms with Gasteiger partial charge < -0.3 is 10.6 Å². The van der Waals surface area contributed by atoms with E-state index in [1.165, 1.54) is 17.0 Å². The Hall–Kier alpha value is -2.07. The number of carbonyl (C=O) groups is 1. The van der Waals surface area contributed by atoms with E-state index in [1.807, 2.05) is 0 Å². The van der Waals surface area contributed by atoms with Crippen LogP contribution in [-0.4, -0.2) is 17.9 Å². The summed E-state index contributed by atoms with van der Waals surface area (Å²) in [6, 6.07) is 11.0. The van der Waals surface area contributed by atoms with Crippen LogP contribution in [-0.2, 0) is 6.54 Å². The van der Waals surface area contributed by atoms with Crippen molar-refractivity contribution >= 4 is 23.2 Å². The van der Waals surface area contributed by atoms with E-state index < -0.39 is 0 Å². The van der Waals surface area contributed by atoms with Crippen molar-refractivity contribution in [2.45, 2.75) is 6.54 Å². The first kappa shape index (κ1) is 14.3. The van der Waals surface area contributed by atoms with Gasteiger partial charge in [0.2, 0.25) is 0 Å². The van der Waals surface area contributed by atoms with E-state index in [-0.39, 0.29) is 18.3 Å². The molecule has 104 valence electrons. The number of halogens is 2. The van der Waals surface area contributed by atoms with E-state index in [4.69, 9.17) is 17.3 Å². The quantitative estimate of drug-likeness (QED) is 0.882. The zero-order valence-corrected chi connectivity index (χ0v) is 11.7. The van der Waals surface area contributed by atoms with Crippen molar-refractivity contribution in [2.75, 3.05) is 12.8 Å². The molecule has 2 aromatic carbocycles. The molecule has 3 nitrogen and oxygen atoms in total. The normalized spacial score (nSPS) is 10.3. The van der Waals surface area contributed by atoms with Gasteiger partial charge in [0.05, 0.1) is 10.7 Å². The maximum absolute atomic E-state index is 13.6. The average molecular weight is 293 g/mol. The van der Waals surface area contributed by atoms with Crippen LogP contribution in [0.2, 0.25) is 5.02 Å². The van der Waals surface area contributed by atoms with Crippen LogP contribution in [0.25, 0.3) is 0 Å². The van der Waals surface area contributed by atoms with E-state index in [1.54, 1.807) is 37.4 Å². The number of anilines is 1. The predicted octanol–water partition coefficient (Wildman–Crippen LogP) is 3.33. The van der Waals surface area contributed by atoms with Gasteiger partial charge in [0, 0.05) is 24.7 Å². The number of nitrogens with two attached hydrogens (primary N) is 1. The molecule has 0 aliphatic carbocycles. The average Bonchev–Trinajstić information content (AvgIpc) is 2.43. The van der Waals surface area contributed by atoms with Crippen LogP contribution in [0.5, 0.6) is 0 Å². The minimum Gasteiger partial charge on any atom is -0.398 e. The molecule has 1 amide bonds. The monoisotopic (exact) mass is 292 g/mol. The van der Waals surface area contributed by atoms with Crippen molar-refractivity contribution in [3.63, 3.8) is 0 Å². The van der Waals surface area contributed by atoms with E-state index in [2.05, 4.69) is 0 Å². The summed E-state index contributed by atoms with van der Waals surface area (Å²) in [5.41, 5.74) is 6.90. The Bertz CT molecular complexity index is 646. The molecule has 0 fully saturated rings. The lowest BCUT2D eigenvalue weighted by atomic mass is 10.1. The van der Waals surface area contributed by atoms with Gasteiger partial charge in [-0.25, -0.2) is 4.39 Å². The van der Waals surface area contributed by atoms with Gasteiger partial charge in [0.15, 0.2) is 0 Å². The molecular formula is C15H14ClFN2O. The Balaban J connectivity index is 2.16. The summed E-state index contributed by atoms with van der Waals surface area (Å²) in [5, 5.41) is 0.401. The van der Waals surface area contributed by atoms with Crippen molar-refractivity contribution in [1.29, 1.82) is 0 Å². The molecule has 0 aliphatic heterocycles. The summed E-state index contributed by atoms with van der Waals surface area (Å²) in [6.07, 6.45) is 0. The third-order valence-electron chi connectivity index (χ3n) is 2.95. The van der Waals surface area contributed by atoms with Crippen LogP contribution in [0.1, 0.15) is 15.9 Å². The highest BCUT2D eigenvalue weighted by atomic mass is 35.5. The largest absolute Gasteiger partial charge is 0.398 e. The van der Waals surface area contributed by atoms with Crippen LogP contribution in [0.4, 0.5) is 10.1 Å². The Morgan fingerprint density at radius 2 is 2.00 bits per heavy atom. The fourth-order valence-electron chi connectivity index (χ4n) is 1.85.